The van der Waals surface area contributed by atoms with Crippen LogP contribution in [0.2, 0.25) is 0 Å². The van der Waals surface area contributed by atoms with Gasteiger partial charge in [0, 0.05) is 12.5 Å². The first kappa shape index (κ1) is 28.3. The van der Waals surface area contributed by atoms with Crippen LogP contribution >= 0.6 is 0 Å². The summed E-state index contributed by atoms with van der Waals surface area (Å²) in [6.07, 6.45) is -5.79. The van der Waals surface area contributed by atoms with Gasteiger partial charge in [0.2, 0.25) is 5.91 Å². The molecule has 7 unspecified atom stereocenters. The number of morpholine rings is 1. The maximum Gasteiger partial charge on any atom is 0.417 e. The number of hydrogen-bond donors (Lipinski definition) is 4. The van der Waals surface area contributed by atoms with E-state index < -0.39 is 105 Å². The maximum absolute atomic E-state index is 14.6. The minimum atomic E-state index is -4.95. The third-order valence-corrected chi connectivity index (χ3v) is 8.67. The van der Waals surface area contributed by atoms with Gasteiger partial charge < -0.3 is 26.0 Å². The average Bonchev–Trinajstić information content (AvgIpc) is 2.85. The Balaban J connectivity index is 1.67. The van der Waals surface area contributed by atoms with Crippen molar-refractivity contribution in [2.24, 2.45) is 29.4 Å². The number of phenols is 1. The molecule has 5 rings (SSSR count). The van der Waals surface area contributed by atoms with Crippen molar-refractivity contribution in [1.29, 1.82) is 0 Å². The fourth-order valence-corrected chi connectivity index (χ4v) is 7.08. The van der Waals surface area contributed by atoms with Gasteiger partial charge in [-0.1, -0.05) is 0 Å². The van der Waals surface area contributed by atoms with Crippen molar-refractivity contribution in [3.8, 4) is 5.75 Å². The second-order valence-electron chi connectivity index (χ2n) is 11.1. The van der Waals surface area contributed by atoms with Gasteiger partial charge in [-0.3, -0.25) is 28.9 Å². The van der Waals surface area contributed by atoms with Crippen molar-refractivity contribution < 1.29 is 52.1 Å². The summed E-state index contributed by atoms with van der Waals surface area (Å²) in [6.45, 7) is 0.438. The van der Waals surface area contributed by atoms with Gasteiger partial charge in [0.15, 0.2) is 34.7 Å². The van der Waals surface area contributed by atoms with Crippen molar-refractivity contribution in [2.45, 2.75) is 36.7 Å². The number of alkyl halides is 3. The Morgan fingerprint density at radius 3 is 2.42 bits per heavy atom. The van der Waals surface area contributed by atoms with Gasteiger partial charge in [0.25, 0.3) is 0 Å². The van der Waals surface area contributed by atoms with Gasteiger partial charge in [-0.25, -0.2) is 0 Å². The van der Waals surface area contributed by atoms with Crippen LogP contribution in [0.3, 0.4) is 0 Å². The van der Waals surface area contributed by atoms with Gasteiger partial charge in [0.1, 0.15) is 5.75 Å². The predicted molar refractivity (Wildman–Crippen MR) is 128 cm³/mol. The summed E-state index contributed by atoms with van der Waals surface area (Å²) in [5.41, 5.74) is -0.332. The number of Topliss-reactive ketones (excluding diaryl/α,β-unsaturated/α-hetero) is 4. The van der Waals surface area contributed by atoms with Gasteiger partial charge in [-0.2, -0.15) is 13.2 Å². The Labute approximate surface area is 225 Å². The first-order valence-electron chi connectivity index (χ1n) is 12.7. The number of carbonyl (C=O) groups excluding carboxylic acids is 5. The Hall–Kier alpha value is -3.20. The monoisotopic (exact) mass is 567 g/mol. The van der Waals surface area contributed by atoms with E-state index in [1.54, 1.807) is 0 Å². The molecule has 3 fully saturated rings. The molecule has 7 atom stereocenters. The Morgan fingerprint density at radius 1 is 1.20 bits per heavy atom. The highest BCUT2D eigenvalue weighted by Crippen LogP contribution is 2.53. The summed E-state index contributed by atoms with van der Waals surface area (Å²) in [7, 11) is 2.83. The zero-order chi connectivity index (χ0) is 29.5. The molecule has 3 aliphatic carbocycles. The van der Waals surface area contributed by atoms with E-state index in [0.717, 1.165) is 6.07 Å². The van der Waals surface area contributed by atoms with E-state index in [2.05, 4.69) is 5.32 Å². The van der Waals surface area contributed by atoms with E-state index in [1.165, 1.54) is 19.0 Å². The number of carbonyl (C=O) groups is 5. The van der Waals surface area contributed by atoms with E-state index in [9.17, 15) is 47.4 Å². The first-order valence-corrected chi connectivity index (χ1v) is 12.7. The summed E-state index contributed by atoms with van der Waals surface area (Å²) < 4.78 is 49.0. The number of phenolic OH excluding ortho intramolecular Hbond substituents is 1. The normalized spacial score (nSPS) is 34.4. The number of nitrogens with two attached hydrogens (primary N) is 1. The van der Waals surface area contributed by atoms with Gasteiger partial charge >= 0.3 is 6.18 Å². The number of primary amides is 1. The van der Waals surface area contributed by atoms with Crippen LogP contribution in [0.25, 0.3) is 0 Å². The number of halogens is 3. The lowest BCUT2D eigenvalue weighted by Gasteiger charge is -2.52. The van der Waals surface area contributed by atoms with Crippen molar-refractivity contribution >= 4 is 29.0 Å². The molecule has 0 aromatic heterocycles. The highest BCUT2D eigenvalue weighted by molar-refractivity contribution is 6.32. The fourth-order valence-electron chi connectivity index (χ4n) is 7.08. The molecule has 0 radical (unpaired) electrons. The molecule has 40 heavy (non-hydrogen) atoms. The predicted octanol–water partition coefficient (Wildman–Crippen LogP) is -0.453. The quantitative estimate of drug-likeness (QED) is 0.350. The molecule has 0 spiro atoms. The maximum atomic E-state index is 14.6. The number of nitrogens with zero attached hydrogens (tertiary/aromatic N) is 1. The Bertz CT molecular complexity index is 1340. The molecule has 216 valence electrons. The summed E-state index contributed by atoms with van der Waals surface area (Å²) in [5.74, 6) is -13.5. The Morgan fingerprint density at radius 2 is 1.88 bits per heavy atom. The molecular formula is C26H28F3N3O8. The lowest BCUT2D eigenvalue weighted by molar-refractivity contribution is -0.181. The SMILES string of the molecule is CN(C)C1C(=O)C(C(N)=O)C(=O)C2(O)C(=O)C3C(=O)c4c(O)cc(C5COCCN5)c(C(F)(F)F)c4CC3CC12. The Kier molecular flexibility index (Phi) is 6.68. The van der Waals surface area contributed by atoms with Gasteiger partial charge in [-0.05, 0) is 50.0 Å². The number of amides is 1. The van der Waals surface area contributed by atoms with Crippen LogP contribution in [-0.4, -0.2) is 89.6 Å². The van der Waals surface area contributed by atoms with Crippen LogP contribution < -0.4 is 11.1 Å². The summed E-state index contributed by atoms with van der Waals surface area (Å²) in [5, 5.41) is 25.3. The molecule has 5 N–H and O–H groups in total. The van der Waals surface area contributed by atoms with Crippen LogP contribution in [0, 0.1) is 23.7 Å². The van der Waals surface area contributed by atoms with Crippen molar-refractivity contribution in [2.75, 3.05) is 33.9 Å². The molecule has 0 bridgehead atoms. The number of benzene rings is 1. The van der Waals surface area contributed by atoms with Crippen molar-refractivity contribution in [3.05, 3.63) is 28.3 Å². The third kappa shape index (κ3) is 3.91. The van der Waals surface area contributed by atoms with Crippen LogP contribution in [0.1, 0.15) is 39.5 Å². The van der Waals surface area contributed by atoms with Crippen molar-refractivity contribution in [1.82, 2.24) is 10.2 Å². The molecule has 1 saturated heterocycles. The summed E-state index contributed by atoms with van der Waals surface area (Å²) >= 11 is 0. The minimum absolute atomic E-state index is 0.106. The zero-order valence-electron chi connectivity index (χ0n) is 21.6. The van der Waals surface area contributed by atoms with E-state index >= 15 is 0 Å². The number of likely N-dealkylation sites (N-methyl/N-ethyl adjacent to an activating group) is 1. The molecule has 4 aliphatic rings. The van der Waals surface area contributed by atoms with Crippen LogP contribution in [-0.2, 0) is 36.5 Å². The highest BCUT2D eigenvalue weighted by Gasteiger charge is 2.69. The average molecular weight is 568 g/mol. The number of aromatic hydroxyl groups is 1. The van der Waals surface area contributed by atoms with Crippen LogP contribution in [0.5, 0.6) is 5.75 Å². The molecule has 14 heteroatoms. The summed E-state index contributed by atoms with van der Waals surface area (Å²) in [6, 6.07) is -1.45. The smallest absolute Gasteiger partial charge is 0.417 e. The number of hydrogen-bond acceptors (Lipinski definition) is 10. The molecule has 1 aromatic rings. The lowest BCUT2D eigenvalue weighted by Crippen LogP contribution is -2.74. The second kappa shape index (κ2) is 9.43. The third-order valence-electron chi connectivity index (χ3n) is 8.67. The first-order chi connectivity index (χ1) is 18.6. The zero-order valence-corrected chi connectivity index (χ0v) is 21.6. The summed E-state index contributed by atoms with van der Waals surface area (Å²) in [4.78, 5) is 67.2. The van der Waals surface area contributed by atoms with Crippen LogP contribution in [0.15, 0.2) is 6.07 Å². The van der Waals surface area contributed by atoms with Crippen molar-refractivity contribution in [3.63, 3.8) is 0 Å². The minimum Gasteiger partial charge on any atom is -0.507 e. The molecular weight excluding hydrogens is 539 g/mol. The van der Waals surface area contributed by atoms with Crippen LogP contribution in [0.4, 0.5) is 13.2 Å². The van der Waals surface area contributed by atoms with E-state index in [1.807, 2.05) is 0 Å². The molecule has 2 saturated carbocycles. The van der Waals surface area contributed by atoms with E-state index in [0.29, 0.717) is 0 Å². The highest BCUT2D eigenvalue weighted by atomic mass is 19.4. The molecule has 11 nitrogen and oxygen atoms in total. The second-order valence-corrected chi connectivity index (χ2v) is 11.1. The standard InChI is InChI=1S/C26H28F3N3O8/c1-32(2)19-12-6-9-5-11-16(14(33)7-10(18(11)26(27,28)29)13-8-40-4-3-31-13)20(34)15(9)22(36)25(12,39)23(37)17(21(19)35)24(30)38/h7,9,12-13,15,17,19,31,33,39H,3-6,8H2,1-2H3,(H2,30,38). The topological polar surface area (TPSA) is 176 Å². The number of fused-ring (bicyclic) bond motifs is 3. The molecule has 1 aromatic carbocycles. The van der Waals surface area contributed by atoms with Gasteiger partial charge in [0.05, 0.1) is 42.3 Å². The lowest BCUT2D eigenvalue weighted by atomic mass is 9.52. The molecule has 1 aliphatic heterocycles. The molecule has 1 heterocycles. The number of ketones is 4. The fraction of sp³-hybridized carbons (Fsp3) is 0.577. The van der Waals surface area contributed by atoms with E-state index in [-0.39, 0.29) is 31.7 Å². The number of aliphatic hydroxyl groups is 1. The van der Waals surface area contributed by atoms with E-state index in [4.69, 9.17) is 10.5 Å². The number of ether oxygens (including phenoxy) is 1. The molecule has 1 amide bonds. The number of nitrogens with one attached hydrogen (secondary N) is 1. The number of rotatable bonds is 3. The van der Waals surface area contributed by atoms with Gasteiger partial charge in [-0.15, -0.1) is 0 Å². The largest absolute Gasteiger partial charge is 0.507 e.